The number of nitrogens with one attached hydrogen (secondary N) is 3. The van der Waals surface area contributed by atoms with Crippen molar-refractivity contribution in [3.05, 3.63) is 42.1 Å². The van der Waals surface area contributed by atoms with Crippen LogP contribution in [0.3, 0.4) is 0 Å². The highest BCUT2D eigenvalue weighted by Crippen LogP contribution is 2.26. The van der Waals surface area contributed by atoms with Crippen molar-refractivity contribution >= 4 is 28.7 Å². The summed E-state index contributed by atoms with van der Waals surface area (Å²) in [4.78, 5) is 25.3. The van der Waals surface area contributed by atoms with Crippen LogP contribution in [0.5, 0.6) is 11.5 Å². The van der Waals surface area contributed by atoms with Gasteiger partial charge in [-0.1, -0.05) is 19.8 Å². The van der Waals surface area contributed by atoms with Gasteiger partial charge in [0.05, 0.1) is 31.8 Å². The Morgan fingerprint density at radius 3 is 2.66 bits per heavy atom. The first-order valence-electron chi connectivity index (χ1n) is 11.7. The highest BCUT2D eigenvalue weighted by atomic mass is 19.1. The number of unbranched alkanes of at least 4 members (excludes halogenated alkanes) is 1. The van der Waals surface area contributed by atoms with Crippen LogP contribution in [0, 0.1) is 0 Å². The zero-order valence-electron chi connectivity index (χ0n) is 20.6. The van der Waals surface area contributed by atoms with E-state index in [1.165, 1.54) is 6.92 Å². The quantitative estimate of drug-likeness (QED) is 0.333. The molecule has 3 N–H and O–H groups in total. The summed E-state index contributed by atoms with van der Waals surface area (Å²) in [5.74, 6) is 1.96. The molecular formula is C25H33FN6O3. The summed E-state index contributed by atoms with van der Waals surface area (Å²) < 4.78 is 24.6. The minimum absolute atomic E-state index is 0.280. The van der Waals surface area contributed by atoms with Gasteiger partial charge in [-0.2, -0.15) is 4.98 Å². The van der Waals surface area contributed by atoms with E-state index in [1.807, 2.05) is 24.3 Å². The molecule has 0 saturated heterocycles. The van der Waals surface area contributed by atoms with Gasteiger partial charge in [0.2, 0.25) is 11.9 Å². The topological polar surface area (TPSA) is 110 Å². The molecule has 3 aromatic rings. The third-order valence-electron chi connectivity index (χ3n) is 5.62. The van der Waals surface area contributed by atoms with Crippen LogP contribution in [-0.2, 0) is 11.3 Å². The molecule has 0 saturated carbocycles. The molecule has 2 atom stereocenters. The van der Waals surface area contributed by atoms with Crippen LogP contribution in [0.4, 0.5) is 16.2 Å². The number of carbonyl (C=O) groups is 1. The van der Waals surface area contributed by atoms with Gasteiger partial charge in [-0.05, 0) is 30.7 Å². The largest absolute Gasteiger partial charge is 0.497 e. The molecule has 35 heavy (non-hydrogen) atoms. The summed E-state index contributed by atoms with van der Waals surface area (Å²) >= 11 is 0. The fraction of sp³-hybridized carbons (Fsp3) is 0.440. The van der Waals surface area contributed by atoms with Gasteiger partial charge in [-0.25, -0.2) is 9.37 Å². The summed E-state index contributed by atoms with van der Waals surface area (Å²) in [7, 11) is 3.21. The molecule has 0 aliphatic carbocycles. The third-order valence-corrected chi connectivity index (χ3v) is 5.62. The van der Waals surface area contributed by atoms with Crippen LogP contribution in [0.2, 0.25) is 0 Å². The van der Waals surface area contributed by atoms with Gasteiger partial charge in [-0.15, -0.1) is 0 Å². The minimum atomic E-state index is -0.695. The molecule has 1 amide bonds. The maximum atomic E-state index is 13.9. The van der Waals surface area contributed by atoms with Gasteiger partial charge in [0.1, 0.15) is 23.7 Å². The molecule has 9 nitrogen and oxygen atoms in total. The fourth-order valence-corrected chi connectivity index (χ4v) is 3.80. The monoisotopic (exact) mass is 484 g/mol. The van der Waals surface area contributed by atoms with Crippen LogP contribution < -0.4 is 25.4 Å². The van der Waals surface area contributed by atoms with Gasteiger partial charge < -0.3 is 25.4 Å². The molecule has 0 bridgehead atoms. The highest BCUT2D eigenvalue weighted by molar-refractivity contribution is 5.86. The van der Waals surface area contributed by atoms with Crippen LogP contribution in [0.25, 0.3) is 11.0 Å². The zero-order valence-corrected chi connectivity index (χ0v) is 20.6. The van der Waals surface area contributed by atoms with Gasteiger partial charge in [0.25, 0.3) is 0 Å². The van der Waals surface area contributed by atoms with E-state index in [9.17, 15) is 9.18 Å². The summed E-state index contributed by atoms with van der Waals surface area (Å²) in [5, 5.41) is 9.29. The van der Waals surface area contributed by atoms with Gasteiger partial charge in [-0.3, -0.25) is 9.78 Å². The Hall–Kier alpha value is -3.69. The Kier molecular flexibility index (Phi) is 9.39. The van der Waals surface area contributed by atoms with E-state index in [0.717, 1.165) is 18.4 Å². The van der Waals surface area contributed by atoms with E-state index in [1.54, 1.807) is 26.5 Å². The van der Waals surface area contributed by atoms with Crippen LogP contribution in [0.1, 0.15) is 38.7 Å². The maximum absolute atomic E-state index is 13.9. The lowest BCUT2D eigenvalue weighted by atomic mass is 10.0. The van der Waals surface area contributed by atoms with E-state index in [4.69, 9.17) is 9.47 Å². The maximum Gasteiger partial charge on any atom is 0.225 e. The van der Waals surface area contributed by atoms with E-state index in [-0.39, 0.29) is 11.9 Å². The summed E-state index contributed by atoms with van der Waals surface area (Å²) in [6.07, 6.45) is 4.13. The van der Waals surface area contributed by atoms with Crippen molar-refractivity contribution in [1.29, 1.82) is 0 Å². The second kappa shape index (κ2) is 12.7. The van der Waals surface area contributed by atoms with Gasteiger partial charge in [0.15, 0.2) is 5.82 Å². The van der Waals surface area contributed by atoms with E-state index in [0.29, 0.717) is 47.3 Å². The number of ether oxygens (including phenoxy) is 2. The zero-order chi connectivity index (χ0) is 25.2. The second-order valence-corrected chi connectivity index (χ2v) is 8.15. The Labute approximate surface area is 204 Å². The molecule has 0 aliphatic heterocycles. The van der Waals surface area contributed by atoms with Crippen molar-refractivity contribution in [2.45, 2.75) is 51.7 Å². The van der Waals surface area contributed by atoms with Crippen molar-refractivity contribution in [3.8, 4) is 11.5 Å². The Morgan fingerprint density at radius 2 is 1.97 bits per heavy atom. The van der Waals surface area contributed by atoms with E-state index in [2.05, 4.69) is 37.8 Å². The average molecular weight is 485 g/mol. The van der Waals surface area contributed by atoms with Crippen LogP contribution in [0.15, 0.2) is 36.5 Å². The lowest BCUT2D eigenvalue weighted by Gasteiger charge is -2.27. The van der Waals surface area contributed by atoms with Crippen LogP contribution >= 0.6 is 0 Å². The first-order valence-corrected chi connectivity index (χ1v) is 11.7. The number of carbonyl (C=O) groups excluding carboxylic acids is 1. The first kappa shape index (κ1) is 25.9. The van der Waals surface area contributed by atoms with Gasteiger partial charge in [0, 0.05) is 31.3 Å². The number of amides is 1. The fourth-order valence-electron chi connectivity index (χ4n) is 3.80. The number of pyridine rings is 1. The summed E-state index contributed by atoms with van der Waals surface area (Å²) in [6.45, 7) is 3.17. The Balaban J connectivity index is 1.90. The minimum Gasteiger partial charge on any atom is -0.497 e. The van der Waals surface area contributed by atoms with Crippen molar-refractivity contribution in [2.75, 3.05) is 31.5 Å². The lowest BCUT2D eigenvalue weighted by Crippen LogP contribution is -2.47. The Morgan fingerprint density at radius 1 is 1.14 bits per heavy atom. The molecule has 188 valence electrons. The number of halogens is 1. The standard InChI is InChI=1S/C25H33FN6O3/c1-5-6-8-19(21(14-26)29-16(2)33)30-24-23-20(9-7-12-27-23)31-25(32-24)28-15-17-10-11-18(34-3)13-22(17)35-4/h7,9-13,19,21H,5-6,8,14-15H2,1-4H3,(H,29,33)(H2,28,30,31,32). The van der Waals surface area contributed by atoms with Crippen LogP contribution in [-0.4, -0.2) is 53.8 Å². The van der Waals surface area contributed by atoms with Crippen molar-refractivity contribution in [3.63, 3.8) is 0 Å². The van der Waals surface area contributed by atoms with E-state index >= 15 is 0 Å². The molecule has 2 unspecified atom stereocenters. The second-order valence-electron chi connectivity index (χ2n) is 8.15. The smallest absolute Gasteiger partial charge is 0.225 e. The number of methoxy groups -OCH3 is 2. The predicted octanol–water partition coefficient (Wildman–Crippen LogP) is 4.10. The average Bonchev–Trinajstić information content (AvgIpc) is 2.88. The number of alkyl halides is 1. The van der Waals surface area contributed by atoms with Crippen molar-refractivity contribution < 1.29 is 18.7 Å². The Bertz CT molecular complexity index is 1130. The number of rotatable bonds is 13. The third kappa shape index (κ3) is 6.91. The number of anilines is 2. The lowest BCUT2D eigenvalue weighted by molar-refractivity contribution is -0.119. The summed E-state index contributed by atoms with van der Waals surface area (Å²) in [5.41, 5.74) is 2.11. The molecule has 2 heterocycles. The highest BCUT2D eigenvalue weighted by Gasteiger charge is 2.24. The number of hydrogen-bond acceptors (Lipinski definition) is 8. The molecule has 0 aliphatic rings. The molecule has 0 fully saturated rings. The number of fused-ring (bicyclic) bond motifs is 1. The van der Waals surface area contributed by atoms with E-state index < -0.39 is 12.7 Å². The van der Waals surface area contributed by atoms with Crippen molar-refractivity contribution in [1.82, 2.24) is 20.3 Å². The molecule has 10 heteroatoms. The first-order chi connectivity index (χ1) is 17.0. The molecule has 2 aromatic heterocycles. The normalized spacial score (nSPS) is 12.6. The predicted molar refractivity (Wildman–Crippen MR) is 135 cm³/mol. The molecule has 0 radical (unpaired) electrons. The number of hydrogen-bond donors (Lipinski definition) is 3. The molecule has 0 spiro atoms. The van der Waals surface area contributed by atoms with Crippen molar-refractivity contribution in [2.24, 2.45) is 0 Å². The number of benzene rings is 1. The number of nitrogens with zero attached hydrogens (tertiary/aromatic N) is 3. The summed E-state index contributed by atoms with van der Waals surface area (Å²) in [6, 6.07) is 8.17. The molecule has 1 aromatic carbocycles. The number of aromatic nitrogens is 3. The molecule has 3 rings (SSSR count). The SMILES string of the molecule is CCCCC(Nc1nc(NCc2ccc(OC)cc2OC)nc2cccnc12)C(CF)NC(C)=O. The van der Waals surface area contributed by atoms with Gasteiger partial charge >= 0.3 is 0 Å². The molecular weight excluding hydrogens is 451 g/mol.